The molecule has 1 atom stereocenters. The molecule has 1 unspecified atom stereocenters. The lowest BCUT2D eigenvalue weighted by molar-refractivity contribution is 0.0644. The van der Waals surface area contributed by atoms with Crippen LogP contribution in [-0.4, -0.2) is 28.0 Å². The van der Waals surface area contributed by atoms with Gasteiger partial charge in [0.2, 0.25) is 0 Å². The van der Waals surface area contributed by atoms with E-state index >= 15 is 0 Å². The van der Waals surface area contributed by atoms with Gasteiger partial charge in [-0.15, -0.1) is 0 Å². The highest BCUT2D eigenvalue weighted by Gasteiger charge is 2.27. The minimum atomic E-state index is -0.560. The van der Waals surface area contributed by atoms with Gasteiger partial charge in [0.1, 0.15) is 0 Å². The van der Waals surface area contributed by atoms with Gasteiger partial charge >= 0.3 is 6.03 Å². The molecule has 3 N–H and O–H groups in total. The average molecular weight is 312 g/mol. The summed E-state index contributed by atoms with van der Waals surface area (Å²) in [5, 5.41) is 2.53. The number of carbonyl (C=O) groups is 2. The number of aromatic nitrogens is 1. The van der Waals surface area contributed by atoms with Crippen LogP contribution in [0.3, 0.4) is 0 Å². The molecule has 1 aromatic heterocycles. The van der Waals surface area contributed by atoms with E-state index in [9.17, 15) is 9.59 Å². The monoisotopic (exact) mass is 312 g/mol. The maximum Gasteiger partial charge on any atom is 0.312 e. The second-order valence-electron chi connectivity index (χ2n) is 5.72. The van der Waals surface area contributed by atoms with E-state index in [1.165, 1.54) is 0 Å². The van der Waals surface area contributed by atoms with Gasteiger partial charge < -0.3 is 20.5 Å². The van der Waals surface area contributed by atoms with Crippen molar-refractivity contribution >= 4 is 11.9 Å². The van der Waals surface area contributed by atoms with Crippen molar-refractivity contribution in [3.8, 4) is 0 Å². The molecule has 0 bridgehead atoms. The Kier molecular flexibility index (Phi) is 4.06. The highest BCUT2D eigenvalue weighted by Crippen LogP contribution is 2.26. The van der Waals surface area contributed by atoms with E-state index < -0.39 is 6.03 Å². The van der Waals surface area contributed by atoms with Crippen molar-refractivity contribution in [2.45, 2.75) is 26.1 Å². The maximum absolute atomic E-state index is 12.7. The highest BCUT2D eigenvalue weighted by atomic mass is 16.2. The van der Waals surface area contributed by atoms with Crippen molar-refractivity contribution in [3.63, 3.8) is 0 Å². The Morgan fingerprint density at radius 3 is 2.65 bits per heavy atom. The molecule has 1 aromatic carbocycles. The lowest BCUT2D eigenvalue weighted by atomic mass is 10.1. The third kappa shape index (κ3) is 3.06. The third-order valence-corrected chi connectivity index (χ3v) is 4.27. The molecule has 1 aliphatic heterocycles. The SMILES string of the molecule is CC1c2cccn2CCN1C(=O)c1ccc(CNC(N)=O)cc1. The molecule has 6 nitrogen and oxygen atoms in total. The molecule has 0 saturated carbocycles. The van der Waals surface area contributed by atoms with E-state index in [1.54, 1.807) is 12.1 Å². The molecule has 3 rings (SSSR count). The van der Waals surface area contributed by atoms with Gasteiger partial charge in [-0.05, 0) is 36.8 Å². The molecule has 1 aliphatic rings. The van der Waals surface area contributed by atoms with Gasteiger partial charge in [0.15, 0.2) is 0 Å². The molecule has 2 aromatic rings. The Morgan fingerprint density at radius 2 is 1.96 bits per heavy atom. The van der Waals surface area contributed by atoms with Crippen LogP contribution in [0.5, 0.6) is 0 Å². The minimum Gasteiger partial charge on any atom is -0.352 e. The molecular weight excluding hydrogens is 292 g/mol. The quantitative estimate of drug-likeness (QED) is 0.907. The summed E-state index contributed by atoms with van der Waals surface area (Å²) in [6, 6.07) is 10.8. The van der Waals surface area contributed by atoms with Crippen LogP contribution >= 0.6 is 0 Å². The standard InChI is InChI=1S/C17H20N4O2/c1-12-15-3-2-8-20(15)9-10-21(12)16(22)14-6-4-13(5-7-14)11-19-17(18)23/h2-8,12H,9-11H2,1H3,(H3,18,19,23). The van der Waals surface area contributed by atoms with Crippen LogP contribution in [0.2, 0.25) is 0 Å². The average Bonchev–Trinajstić information content (AvgIpc) is 3.03. The van der Waals surface area contributed by atoms with Gasteiger partial charge in [-0.3, -0.25) is 4.79 Å². The Balaban J connectivity index is 1.72. The molecule has 0 fully saturated rings. The molecule has 3 amide bonds. The number of rotatable bonds is 3. The fourth-order valence-corrected chi connectivity index (χ4v) is 2.98. The number of hydrogen-bond acceptors (Lipinski definition) is 2. The molecule has 23 heavy (non-hydrogen) atoms. The summed E-state index contributed by atoms with van der Waals surface area (Å²) in [5.41, 5.74) is 7.76. The summed E-state index contributed by atoms with van der Waals surface area (Å²) in [6.45, 7) is 3.93. The predicted molar refractivity (Wildman–Crippen MR) is 86.7 cm³/mol. The van der Waals surface area contributed by atoms with Crippen molar-refractivity contribution in [1.29, 1.82) is 0 Å². The van der Waals surface area contributed by atoms with Crippen LogP contribution in [-0.2, 0) is 13.1 Å². The summed E-state index contributed by atoms with van der Waals surface area (Å²) in [5.74, 6) is 0.0272. The first-order valence-corrected chi connectivity index (χ1v) is 7.64. The summed E-state index contributed by atoms with van der Waals surface area (Å²) >= 11 is 0. The fourth-order valence-electron chi connectivity index (χ4n) is 2.98. The molecule has 2 heterocycles. The van der Waals surface area contributed by atoms with Crippen molar-refractivity contribution < 1.29 is 9.59 Å². The predicted octanol–water partition coefficient (Wildman–Crippen LogP) is 1.87. The summed E-state index contributed by atoms with van der Waals surface area (Å²) in [6.07, 6.45) is 2.05. The van der Waals surface area contributed by atoms with E-state index in [1.807, 2.05) is 36.2 Å². The minimum absolute atomic E-state index is 0.0272. The number of fused-ring (bicyclic) bond motifs is 1. The van der Waals surface area contributed by atoms with Gasteiger partial charge in [-0.25, -0.2) is 4.79 Å². The maximum atomic E-state index is 12.7. The van der Waals surface area contributed by atoms with Crippen LogP contribution < -0.4 is 11.1 Å². The Labute approximate surface area is 134 Å². The van der Waals surface area contributed by atoms with Crippen molar-refractivity contribution in [2.75, 3.05) is 6.54 Å². The summed E-state index contributed by atoms with van der Waals surface area (Å²) in [7, 11) is 0. The first-order chi connectivity index (χ1) is 11.1. The van der Waals surface area contributed by atoms with Crippen LogP contribution in [0.1, 0.15) is 34.6 Å². The molecule has 6 heteroatoms. The summed E-state index contributed by atoms with van der Waals surface area (Å²) in [4.78, 5) is 25.4. The van der Waals surface area contributed by atoms with Gasteiger partial charge in [-0.1, -0.05) is 12.1 Å². The van der Waals surface area contributed by atoms with Crippen LogP contribution in [0.15, 0.2) is 42.6 Å². The van der Waals surface area contributed by atoms with Gasteiger partial charge in [0, 0.05) is 37.1 Å². The van der Waals surface area contributed by atoms with Crippen molar-refractivity contribution in [2.24, 2.45) is 5.73 Å². The molecule has 0 aliphatic carbocycles. The zero-order chi connectivity index (χ0) is 16.4. The molecule has 0 radical (unpaired) electrons. The van der Waals surface area contributed by atoms with E-state index in [-0.39, 0.29) is 11.9 Å². The number of urea groups is 1. The number of nitrogens with one attached hydrogen (secondary N) is 1. The topological polar surface area (TPSA) is 80.4 Å². The lowest BCUT2D eigenvalue weighted by Crippen LogP contribution is -2.40. The zero-order valence-electron chi connectivity index (χ0n) is 13.0. The number of nitrogens with two attached hydrogens (primary N) is 1. The first-order valence-electron chi connectivity index (χ1n) is 7.64. The van der Waals surface area contributed by atoms with E-state index in [0.717, 1.165) is 17.8 Å². The van der Waals surface area contributed by atoms with E-state index in [0.29, 0.717) is 18.7 Å². The smallest absolute Gasteiger partial charge is 0.312 e. The number of nitrogens with zero attached hydrogens (tertiary/aromatic N) is 2. The second-order valence-corrected chi connectivity index (χ2v) is 5.72. The lowest BCUT2D eigenvalue weighted by Gasteiger charge is -2.35. The second kappa shape index (κ2) is 6.16. The van der Waals surface area contributed by atoms with Crippen LogP contribution in [0.4, 0.5) is 4.79 Å². The number of benzene rings is 1. The number of carbonyl (C=O) groups excluding carboxylic acids is 2. The number of primary amides is 1. The Morgan fingerprint density at radius 1 is 1.22 bits per heavy atom. The number of amides is 3. The Hall–Kier alpha value is -2.76. The van der Waals surface area contributed by atoms with Crippen LogP contribution in [0.25, 0.3) is 0 Å². The van der Waals surface area contributed by atoms with Gasteiger partial charge in [0.25, 0.3) is 5.91 Å². The normalized spacial score (nSPS) is 16.7. The van der Waals surface area contributed by atoms with E-state index in [4.69, 9.17) is 5.73 Å². The third-order valence-electron chi connectivity index (χ3n) is 4.27. The molecule has 120 valence electrons. The molecular formula is C17H20N4O2. The van der Waals surface area contributed by atoms with Gasteiger partial charge in [0.05, 0.1) is 6.04 Å². The molecule has 0 saturated heterocycles. The largest absolute Gasteiger partial charge is 0.352 e. The van der Waals surface area contributed by atoms with Crippen molar-refractivity contribution in [1.82, 2.24) is 14.8 Å². The Bertz CT molecular complexity index is 720. The van der Waals surface area contributed by atoms with Crippen LogP contribution in [0, 0.1) is 0 Å². The zero-order valence-corrected chi connectivity index (χ0v) is 13.0. The highest BCUT2D eigenvalue weighted by molar-refractivity contribution is 5.94. The van der Waals surface area contributed by atoms with Crippen molar-refractivity contribution in [3.05, 3.63) is 59.4 Å². The fraction of sp³-hybridized carbons (Fsp3) is 0.294. The van der Waals surface area contributed by atoms with E-state index in [2.05, 4.69) is 16.0 Å². The summed E-state index contributed by atoms with van der Waals surface area (Å²) < 4.78 is 2.19. The molecule has 0 spiro atoms. The first kappa shape index (κ1) is 15.1. The van der Waals surface area contributed by atoms with Gasteiger partial charge in [-0.2, -0.15) is 0 Å². The number of hydrogen-bond donors (Lipinski definition) is 2.